The third-order valence-electron chi connectivity index (χ3n) is 1.71. The zero-order valence-electron chi connectivity index (χ0n) is 7.02. The first-order valence-electron chi connectivity index (χ1n) is 3.54. The Labute approximate surface area is 76.4 Å². The van der Waals surface area contributed by atoms with Gasteiger partial charge in [-0.1, -0.05) is 6.07 Å². The Morgan fingerprint density at radius 1 is 1.38 bits per heavy atom. The fourth-order valence-electron chi connectivity index (χ4n) is 0.923. The summed E-state index contributed by atoms with van der Waals surface area (Å²) < 4.78 is 21.7. The van der Waals surface area contributed by atoms with Crippen molar-refractivity contribution in [3.05, 3.63) is 29.3 Å². The highest BCUT2D eigenvalue weighted by molar-refractivity contribution is 7.89. The molecule has 0 aliphatic rings. The molecule has 1 rings (SSSR count). The number of rotatable bonds is 2. The summed E-state index contributed by atoms with van der Waals surface area (Å²) in [6.07, 6.45) is 0.601. The number of carbonyl (C=O) groups is 1. The van der Waals surface area contributed by atoms with Crippen LogP contribution in [0.5, 0.6) is 0 Å². The van der Waals surface area contributed by atoms with Crippen molar-refractivity contribution in [1.82, 2.24) is 0 Å². The zero-order valence-corrected chi connectivity index (χ0v) is 7.84. The minimum Gasteiger partial charge on any atom is -0.298 e. The average molecular weight is 199 g/mol. The van der Waals surface area contributed by atoms with Crippen molar-refractivity contribution in [2.24, 2.45) is 5.14 Å². The molecule has 0 aliphatic heterocycles. The standard InChI is InChI=1S/C8H9NO3S/c1-6-2-3-8(13(9,11)12)4-7(6)5-10/h2-5H,1H3,(H2,9,11,12). The van der Waals surface area contributed by atoms with E-state index in [9.17, 15) is 13.2 Å². The molecule has 5 heteroatoms. The predicted molar refractivity (Wildman–Crippen MR) is 47.9 cm³/mol. The maximum Gasteiger partial charge on any atom is 0.238 e. The van der Waals surface area contributed by atoms with Crippen LogP contribution in [0.4, 0.5) is 0 Å². The number of nitrogens with two attached hydrogens (primary N) is 1. The van der Waals surface area contributed by atoms with E-state index in [2.05, 4.69) is 0 Å². The van der Waals surface area contributed by atoms with Gasteiger partial charge in [0.2, 0.25) is 10.0 Å². The second-order valence-corrected chi connectivity index (χ2v) is 4.24. The lowest BCUT2D eigenvalue weighted by Crippen LogP contribution is -2.12. The van der Waals surface area contributed by atoms with Crippen LogP contribution < -0.4 is 5.14 Å². The van der Waals surface area contributed by atoms with Crippen molar-refractivity contribution >= 4 is 16.3 Å². The molecule has 1 aromatic rings. The fourth-order valence-corrected chi connectivity index (χ4v) is 1.47. The van der Waals surface area contributed by atoms with Gasteiger partial charge in [-0.3, -0.25) is 4.79 Å². The minimum atomic E-state index is -3.71. The monoisotopic (exact) mass is 199 g/mol. The summed E-state index contributed by atoms with van der Waals surface area (Å²) in [6, 6.07) is 4.18. The van der Waals surface area contributed by atoms with Crippen molar-refractivity contribution in [1.29, 1.82) is 0 Å². The number of benzene rings is 1. The first-order valence-corrected chi connectivity index (χ1v) is 5.08. The number of hydrogen-bond donors (Lipinski definition) is 1. The molecule has 2 N–H and O–H groups in total. The predicted octanol–water partition coefficient (Wildman–Crippen LogP) is 0.455. The van der Waals surface area contributed by atoms with Crippen molar-refractivity contribution in [2.45, 2.75) is 11.8 Å². The Kier molecular flexibility index (Phi) is 2.49. The van der Waals surface area contributed by atoms with Crippen molar-refractivity contribution in [2.75, 3.05) is 0 Å². The third kappa shape index (κ3) is 2.13. The molecule has 0 atom stereocenters. The number of carbonyl (C=O) groups excluding carboxylic acids is 1. The van der Waals surface area contributed by atoms with Crippen molar-refractivity contribution in [3.8, 4) is 0 Å². The largest absolute Gasteiger partial charge is 0.298 e. The van der Waals surface area contributed by atoms with Gasteiger partial charge in [-0.25, -0.2) is 13.6 Å². The molecule has 0 bridgehead atoms. The van der Waals surface area contributed by atoms with Gasteiger partial charge in [-0.15, -0.1) is 0 Å². The van der Waals surface area contributed by atoms with Gasteiger partial charge in [0.25, 0.3) is 0 Å². The van der Waals surface area contributed by atoms with Gasteiger partial charge in [0, 0.05) is 5.56 Å². The van der Waals surface area contributed by atoms with E-state index >= 15 is 0 Å². The Morgan fingerprint density at radius 3 is 2.46 bits per heavy atom. The van der Waals surface area contributed by atoms with Crippen LogP contribution in [-0.4, -0.2) is 14.7 Å². The highest BCUT2D eigenvalue weighted by atomic mass is 32.2. The summed E-state index contributed by atoms with van der Waals surface area (Å²) >= 11 is 0. The molecule has 0 spiro atoms. The number of aldehydes is 1. The summed E-state index contributed by atoms with van der Waals surface area (Å²) in [5.74, 6) is 0. The van der Waals surface area contributed by atoms with E-state index in [0.717, 1.165) is 5.56 Å². The number of sulfonamides is 1. The SMILES string of the molecule is Cc1ccc(S(N)(=O)=O)cc1C=O. The molecule has 13 heavy (non-hydrogen) atoms. The molecule has 1 aromatic carbocycles. The van der Waals surface area contributed by atoms with Crippen LogP contribution >= 0.6 is 0 Å². The van der Waals surface area contributed by atoms with Gasteiger partial charge in [0.05, 0.1) is 4.90 Å². The minimum absolute atomic E-state index is 0.0415. The zero-order chi connectivity index (χ0) is 10.1. The summed E-state index contributed by atoms with van der Waals surface area (Å²) in [7, 11) is -3.71. The van der Waals surface area contributed by atoms with Crippen LogP contribution in [0.25, 0.3) is 0 Å². The summed E-state index contributed by atoms with van der Waals surface area (Å²) in [4.78, 5) is 10.4. The highest BCUT2D eigenvalue weighted by Gasteiger charge is 2.08. The molecular formula is C8H9NO3S. The van der Waals surface area contributed by atoms with Crippen LogP contribution in [0.15, 0.2) is 23.1 Å². The van der Waals surface area contributed by atoms with Gasteiger partial charge in [-0.2, -0.15) is 0 Å². The molecule has 0 aromatic heterocycles. The normalized spacial score (nSPS) is 11.2. The van der Waals surface area contributed by atoms with Gasteiger partial charge in [0.15, 0.2) is 0 Å². The van der Waals surface area contributed by atoms with Crippen molar-refractivity contribution < 1.29 is 13.2 Å². The Hall–Kier alpha value is -1.20. The Bertz CT molecular complexity index is 437. The molecule has 0 aliphatic carbocycles. The first-order chi connectivity index (χ1) is 5.95. The topological polar surface area (TPSA) is 77.2 Å². The number of aryl methyl sites for hydroxylation is 1. The van der Waals surface area contributed by atoms with E-state index in [1.54, 1.807) is 13.0 Å². The Balaban J connectivity index is 3.38. The quantitative estimate of drug-likeness (QED) is 0.703. The highest BCUT2D eigenvalue weighted by Crippen LogP contribution is 2.12. The van der Waals surface area contributed by atoms with Crippen LogP contribution in [0, 0.1) is 6.92 Å². The lowest BCUT2D eigenvalue weighted by molar-refractivity contribution is 0.112. The first kappa shape index (κ1) is 9.88. The molecule has 0 saturated heterocycles. The lowest BCUT2D eigenvalue weighted by Gasteiger charge is -2.01. The van der Waals surface area contributed by atoms with E-state index in [4.69, 9.17) is 5.14 Å². The van der Waals surface area contributed by atoms with Gasteiger partial charge < -0.3 is 0 Å². The molecule has 0 saturated carbocycles. The molecule has 70 valence electrons. The van der Waals surface area contributed by atoms with E-state index in [-0.39, 0.29) is 4.90 Å². The second kappa shape index (κ2) is 3.27. The Morgan fingerprint density at radius 2 is 2.00 bits per heavy atom. The van der Waals surface area contributed by atoms with E-state index in [1.165, 1.54) is 12.1 Å². The second-order valence-electron chi connectivity index (χ2n) is 2.68. The van der Waals surface area contributed by atoms with Crippen molar-refractivity contribution in [3.63, 3.8) is 0 Å². The van der Waals surface area contributed by atoms with Crippen LogP contribution in [0.3, 0.4) is 0 Å². The lowest BCUT2D eigenvalue weighted by atomic mass is 10.1. The molecule has 0 radical (unpaired) electrons. The maximum absolute atomic E-state index is 10.9. The molecule has 4 nitrogen and oxygen atoms in total. The number of hydrogen-bond acceptors (Lipinski definition) is 3. The van der Waals surface area contributed by atoms with E-state index < -0.39 is 10.0 Å². The molecule has 0 heterocycles. The van der Waals surface area contributed by atoms with Crippen LogP contribution in [-0.2, 0) is 10.0 Å². The smallest absolute Gasteiger partial charge is 0.238 e. The van der Waals surface area contributed by atoms with Gasteiger partial charge in [0.1, 0.15) is 6.29 Å². The molecule has 0 fully saturated rings. The summed E-state index contributed by atoms with van der Waals surface area (Å²) in [5.41, 5.74) is 1.06. The summed E-state index contributed by atoms with van der Waals surface area (Å²) in [6.45, 7) is 1.72. The van der Waals surface area contributed by atoms with E-state index in [0.29, 0.717) is 11.8 Å². The maximum atomic E-state index is 10.9. The van der Waals surface area contributed by atoms with Crippen LogP contribution in [0.1, 0.15) is 15.9 Å². The number of primary sulfonamides is 1. The average Bonchev–Trinajstić information content (AvgIpc) is 2.03. The third-order valence-corrected chi connectivity index (χ3v) is 2.62. The van der Waals surface area contributed by atoms with Gasteiger partial charge >= 0.3 is 0 Å². The summed E-state index contributed by atoms with van der Waals surface area (Å²) in [5, 5.41) is 4.89. The van der Waals surface area contributed by atoms with E-state index in [1.807, 2.05) is 0 Å². The molecule has 0 amide bonds. The fraction of sp³-hybridized carbons (Fsp3) is 0.125. The molecule has 0 unspecified atom stereocenters. The van der Waals surface area contributed by atoms with Crippen LogP contribution in [0.2, 0.25) is 0 Å². The van der Waals surface area contributed by atoms with Gasteiger partial charge in [-0.05, 0) is 24.6 Å². The molecular weight excluding hydrogens is 190 g/mol.